The van der Waals surface area contributed by atoms with E-state index in [4.69, 9.17) is 5.73 Å². The van der Waals surface area contributed by atoms with E-state index in [1.165, 1.54) is 0 Å². The number of carbonyl (C=O) groups is 1. The van der Waals surface area contributed by atoms with E-state index in [0.29, 0.717) is 13.0 Å². The number of imidazole rings is 1. The van der Waals surface area contributed by atoms with Gasteiger partial charge in [0.15, 0.2) is 0 Å². The molecule has 1 aromatic heterocycles. The van der Waals surface area contributed by atoms with Gasteiger partial charge < -0.3 is 15.2 Å². The first-order chi connectivity index (χ1) is 7.22. The molecule has 7 heteroatoms. The lowest BCUT2D eigenvalue weighted by atomic mass is 10.2. The molecule has 1 aliphatic rings. The number of rotatable bonds is 2. The third-order valence-corrected chi connectivity index (χ3v) is 2.81. The lowest BCUT2D eigenvalue weighted by Gasteiger charge is -2.29. The van der Waals surface area contributed by atoms with Gasteiger partial charge in [0.2, 0.25) is 5.91 Å². The van der Waals surface area contributed by atoms with E-state index < -0.39 is 0 Å². The Morgan fingerprint density at radius 1 is 1.53 bits per heavy atom. The number of nitrogens with zero attached hydrogens (tertiary/aromatic N) is 3. The largest absolute Gasteiger partial charge is 0.332 e. The maximum absolute atomic E-state index is 11.8. The highest BCUT2D eigenvalue weighted by molar-refractivity contribution is 5.85. The Bertz CT molecular complexity index is 369. The highest BCUT2D eigenvalue weighted by atomic mass is 35.5. The van der Waals surface area contributed by atoms with E-state index in [-0.39, 0.29) is 36.8 Å². The number of fused-ring (bicyclic) bond motifs is 1. The summed E-state index contributed by atoms with van der Waals surface area (Å²) in [7, 11) is 0. The van der Waals surface area contributed by atoms with E-state index in [2.05, 4.69) is 9.55 Å². The van der Waals surface area contributed by atoms with Crippen LogP contribution in [0.4, 0.5) is 0 Å². The Kier molecular flexibility index (Phi) is 6.52. The summed E-state index contributed by atoms with van der Waals surface area (Å²) in [6.07, 6.45) is 4.39. The van der Waals surface area contributed by atoms with E-state index in [1.807, 2.05) is 13.1 Å². The Balaban J connectivity index is 0.00000128. The number of halogens is 2. The second-order valence-electron chi connectivity index (χ2n) is 3.81. The molecule has 1 aromatic rings. The lowest BCUT2D eigenvalue weighted by molar-refractivity contribution is -0.134. The molecule has 0 spiro atoms. The Morgan fingerprint density at radius 2 is 2.24 bits per heavy atom. The van der Waals surface area contributed by atoms with Crippen LogP contribution >= 0.6 is 24.8 Å². The zero-order chi connectivity index (χ0) is 10.8. The Hall–Kier alpha value is -0.780. The maximum Gasteiger partial charge on any atom is 0.239 e. The van der Waals surface area contributed by atoms with Crippen LogP contribution in [0, 0.1) is 0 Å². The first-order valence-electron chi connectivity index (χ1n) is 5.26. The minimum atomic E-state index is -0.369. The molecule has 2 heterocycles. The molecule has 17 heavy (non-hydrogen) atoms. The summed E-state index contributed by atoms with van der Waals surface area (Å²) >= 11 is 0. The quantitative estimate of drug-likeness (QED) is 0.872. The Morgan fingerprint density at radius 3 is 2.88 bits per heavy atom. The fourth-order valence-electron chi connectivity index (χ4n) is 1.77. The van der Waals surface area contributed by atoms with Gasteiger partial charge in [-0.1, -0.05) is 6.92 Å². The van der Waals surface area contributed by atoms with E-state index in [0.717, 1.165) is 18.9 Å². The van der Waals surface area contributed by atoms with Crippen LogP contribution in [0.3, 0.4) is 0 Å². The predicted octanol–water partition coefficient (Wildman–Crippen LogP) is 0.806. The molecule has 2 rings (SSSR count). The Labute approximate surface area is 113 Å². The standard InChI is InChI=1S/C10H16N4O.2ClH/c1-2-8(11)10(15)14-6-5-13-4-3-12-9(13)7-14;;/h3-4,8H,2,5-7,11H2,1H3;2*1H/t8-;;/m0../s1. The van der Waals surface area contributed by atoms with Gasteiger partial charge in [0, 0.05) is 25.5 Å². The molecular weight excluding hydrogens is 263 g/mol. The first-order valence-corrected chi connectivity index (χ1v) is 5.26. The van der Waals surface area contributed by atoms with Gasteiger partial charge in [-0.25, -0.2) is 4.98 Å². The summed E-state index contributed by atoms with van der Waals surface area (Å²) < 4.78 is 2.07. The van der Waals surface area contributed by atoms with Crippen LogP contribution in [0.1, 0.15) is 19.2 Å². The van der Waals surface area contributed by atoms with Crippen LogP contribution in [0.15, 0.2) is 12.4 Å². The molecule has 0 radical (unpaired) electrons. The van der Waals surface area contributed by atoms with Crippen LogP contribution in [0.5, 0.6) is 0 Å². The summed E-state index contributed by atoms with van der Waals surface area (Å²) in [5.41, 5.74) is 5.72. The topological polar surface area (TPSA) is 64.2 Å². The number of nitrogens with two attached hydrogens (primary N) is 1. The molecule has 0 aromatic carbocycles. The van der Waals surface area contributed by atoms with Gasteiger partial charge in [0.05, 0.1) is 12.6 Å². The van der Waals surface area contributed by atoms with Crippen molar-refractivity contribution in [1.29, 1.82) is 0 Å². The number of hydrogen-bond donors (Lipinski definition) is 1. The lowest BCUT2D eigenvalue weighted by Crippen LogP contribution is -2.46. The minimum absolute atomic E-state index is 0. The van der Waals surface area contributed by atoms with Crippen molar-refractivity contribution in [1.82, 2.24) is 14.5 Å². The maximum atomic E-state index is 11.8. The van der Waals surface area contributed by atoms with Crippen LogP contribution in [-0.4, -0.2) is 32.9 Å². The molecule has 1 atom stereocenters. The molecule has 2 N–H and O–H groups in total. The smallest absolute Gasteiger partial charge is 0.239 e. The second-order valence-corrected chi connectivity index (χ2v) is 3.81. The highest BCUT2D eigenvalue weighted by Gasteiger charge is 2.24. The number of amides is 1. The van der Waals surface area contributed by atoms with Crippen LogP contribution in [-0.2, 0) is 17.9 Å². The number of carbonyl (C=O) groups excluding carboxylic acids is 1. The van der Waals surface area contributed by atoms with E-state index in [9.17, 15) is 4.79 Å². The predicted molar refractivity (Wildman–Crippen MR) is 70.4 cm³/mol. The van der Waals surface area contributed by atoms with Crippen molar-refractivity contribution in [3.05, 3.63) is 18.2 Å². The van der Waals surface area contributed by atoms with Crippen molar-refractivity contribution in [2.24, 2.45) is 5.73 Å². The second kappa shape index (κ2) is 6.83. The number of aromatic nitrogens is 2. The molecule has 0 unspecified atom stereocenters. The van der Waals surface area contributed by atoms with Crippen LogP contribution in [0.25, 0.3) is 0 Å². The minimum Gasteiger partial charge on any atom is -0.332 e. The fourth-order valence-corrected chi connectivity index (χ4v) is 1.77. The molecule has 98 valence electrons. The average Bonchev–Trinajstić information content (AvgIpc) is 2.73. The molecule has 1 aliphatic heterocycles. The SMILES string of the molecule is CC[C@H](N)C(=O)N1CCn2ccnc2C1.Cl.Cl. The van der Waals surface area contributed by atoms with Crippen LogP contribution < -0.4 is 5.73 Å². The van der Waals surface area contributed by atoms with Gasteiger partial charge in [-0.3, -0.25) is 4.79 Å². The van der Waals surface area contributed by atoms with Gasteiger partial charge in [-0.05, 0) is 6.42 Å². The molecule has 0 saturated carbocycles. The van der Waals surface area contributed by atoms with Crippen molar-refractivity contribution in [2.45, 2.75) is 32.5 Å². The molecular formula is C10H18Cl2N4O. The zero-order valence-corrected chi connectivity index (χ0v) is 11.3. The van der Waals surface area contributed by atoms with Crippen molar-refractivity contribution in [2.75, 3.05) is 6.54 Å². The van der Waals surface area contributed by atoms with Crippen molar-refractivity contribution in [3.63, 3.8) is 0 Å². The number of hydrogen-bond acceptors (Lipinski definition) is 3. The summed E-state index contributed by atoms with van der Waals surface area (Å²) in [5, 5.41) is 0. The molecule has 5 nitrogen and oxygen atoms in total. The normalized spacial score (nSPS) is 15.3. The summed E-state index contributed by atoms with van der Waals surface area (Å²) in [6, 6.07) is -0.369. The zero-order valence-electron chi connectivity index (χ0n) is 9.70. The highest BCUT2D eigenvalue weighted by Crippen LogP contribution is 2.11. The van der Waals surface area contributed by atoms with E-state index in [1.54, 1.807) is 11.1 Å². The van der Waals surface area contributed by atoms with Gasteiger partial charge in [-0.2, -0.15) is 0 Å². The van der Waals surface area contributed by atoms with Crippen molar-refractivity contribution >= 4 is 30.7 Å². The molecule has 1 amide bonds. The molecule has 0 saturated heterocycles. The summed E-state index contributed by atoms with van der Waals surface area (Å²) in [5.74, 6) is 0.977. The van der Waals surface area contributed by atoms with Gasteiger partial charge in [0.25, 0.3) is 0 Å². The molecule has 0 bridgehead atoms. The summed E-state index contributed by atoms with van der Waals surface area (Å²) in [4.78, 5) is 17.8. The molecule has 0 aliphatic carbocycles. The third kappa shape index (κ3) is 3.34. The van der Waals surface area contributed by atoms with Crippen LogP contribution in [0.2, 0.25) is 0 Å². The summed E-state index contributed by atoms with van der Waals surface area (Å²) in [6.45, 7) is 4.06. The molecule has 0 fully saturated rings. The first kappa shape index (κ1) is 16.2. The average molecular weight is 281 g/mol. The van der Waals surface area contributed by atoms with Gasteiger partial charge in [0.1, 0.15) is 5.82 Å². The van der Waals surface area contributed by atoms with Gasteiger partial charge in [-0.15, -0.1) is 24.8 Å². The van der Waals surface area contributed by atoms with Gasteiger partial charge >= 0.3 is 0 Å². The fraction of sp³-hybridized carbons (Fsp3) is 0.600. The van der Waals surface area contributed by atoms with Crippen molar-refractivity contribution < 1.29 is 4.79 Å². The van der Waals surface area contributed by atoms with E-state index >= 15 is 0 Å². The third-order valence-electron chi connectivity index (χ3n) is 2.81. The monoisotopic (exact) mass is 280 g/mol. The van der Waals surface area contributed by atoms with Crippen molar-refractivity contribution in [3.8, 4) is 0 Å².